The zero-order valence-electron chi connectivity index (χ0n) is 19.0. The van der Waals surface area contributed by atoms with E-state index in [1.54, 1.807) is 12.0 Å². The Morgan fingerprint density at radius 2 is 1.73 bits per heavy atom. The standard InChI is InChI=1S/C25H34N2O3/c1-7-22(24(29)26-25(3,4)5)27(17-20-12-9-13-21(15-20)30-6)23(28)16-19-11-8-10-18(2)14-19/h8-15,22H,7,16-17H2,1-6H3,(H,26,29)/t22-/m0/s1. The maximum absolute atomic E-state index is 13.4. The largest absolute Gasteiger partial charge is 0.497 e. The fourth-order valence-electron chi connectivity index (χ4n) is 3.44. The van der Waals surface area contributed by atoms with Crippen molar-refractivity contribution < 1.29 is 14.3 Å². The number of benzene rings is 2. The van der Waals surface area contributed by atoms with Gasteiger partial charge in [-0.05, 0) is 57.4 Å². The molecule has 0 bridgehead atoms. The van der Waals surface area contributed by atoms with Crippen molar-refractivity contribution in [2.24, 2.45) is 0 Å². The third kappa shape index (κ3) is 6.90. The van der Waals surface area contributed by atoms with Crippen LogP contribution in [0.4, 0.5) is 0 Å². The van der Waals surface area contributed by atoms with E-state index >= 15 is 0 Å². The SMILES string of the molecule is CC[C@@H](C(=O)NC(C)(C)C)N(Cc1cccc(OC)c1)C(=O)Cc1cccc(C)c1. The van der Waals surface area contributed by atoms with Crippen molar-refractivity contribution in [3.8, 4) is 5.75 Å². The van der Waals surface area contributed by atoms with Gasteiger partial charge >= 0.3 is 0 Å². The number of ether oxygens (including phenoxy) is 1. The number of hydrogen-bond acceptors (Lipinski definition) is 3. The minimum atomic E-state index is -0.548. The molecule has 30 heavy (non-hydrogen) atoms. The summed E-state index contributed by atoms with van der Waals surface area (Å²) < 4.78 is 5.32. The lowest BCUT2D eigenvalue weighted by Gasteiger charge is -2.33. The Hall–Kier alpha value is -2.82. The third-order valence-corrected chi connectivity index (χ3v) is 4.81. The number of hydrogen-bond donors (Lipinski definition) is 1. The van der Waals surface area contributed by atoms with Crippen molar-refractivity contribution in [1.29, 1.82) is 0 Å². The van der Waals surface area contributed by atoms with E-state index in [9.17, 15) is 9.59 Å². The van der Waals surface area contributed by atoms with Gasteiger partial charge in [0, 0.05) is 12.1 Å². The summed E-state index contributed by atoms with van der Waals surface area (Å²) in [4.78, 5) is 28.1. The van der Waals surface area contributed by atoms with Crippen LogP contribution in [-0.2, 0) is 22.6 Å². The fourth-order valence-corrected chi connectivity index (χ4v) is 3.44. The predicted octanol–water partition coefficient (Wildman–Crippen LogP) is 4.27. The zero-order valence-corrected chi connectivity index (χ0v) is 19.0. The average molecular weight is 411 g/mol. The molecule has 2 rings (SSSR count). The number of aryl methyl sites for hydroxylation is 1. The third-order valence-electron chi connectivity index (χ3n) is 4.81. The summed E-state index contributed by atoms with van der Waals surface area (Å²) in [6, 6.07) is 15.0. The first-order valence-corrected chi connectivity index (χ1v) is 10.4. The minimum Gasteiger partial charge on any atom is -0.497 e. The number of nitrogens with one attached hydrogen (secondary N) is 1. The smallest absolute Gasteiger partial charge is 0.243 e. The first-order chi connectivity index (χ1) is 14.1. The molecule has 0 unspecified atom stereocenters. The molecule has 1 N–H and O–H groups in total. The highest BCUT2D eigenvalue weighted by molar-refractivity contribution is 5.88. The maximum Gasteiger partial charge on any atom is 0.243 e. The summed E-state index contributed by atoms with van der Waals surface area (Å²) >= 11 is 0. The number of carbonyl (C=O) groups excluding carboxylic acids is 2. The van der Waals surface area contributed by atoms with E-state index in [0.29, 0.717) is 13.0 Å². The van der Waals surface area contributed by atoms with Gasteiger partial charge in [0.15, 0.2) is 0 Å². The molecule has 0 saturated carbocycles. The van der Waals surface area contributed by atoms with Gasteiger partial charge in [-0.3, -0.25) is 9.59 Å². The highest BCUT2D eigenvalue weighted by atomic mass is 16.5. The first kappa shape index (κ1) is 23.5. The molecule has 5 nitrogen and oxygen atoms in total. The highest BCUT2D eigenvalue weighted by Crippen LogP contribution is 2.19. The number of methoxy groups -OCH3 is 1. The van der Waals surface area contributed by atoms with Crippen LogP contribution >= 0.6 is 0 Å². The average Bonchev–Trinajstić information content (AvgIpc) is 2.66. The second-order valence-electron chi connectivity index (χ2n) is 8.70. The lowest BCUT2D eigenvalue weighted by Crippen LogP contribution is -2.53. The normalized spacial score (nSPS) is 12.2. The molecule has 0 aromatic heterocycles. The molecule has 0 radical (unpaired) electrons. The zero-order chi connectivity index (χ0) is 22.3. The summed E-state index contributed by atoms with van der Waals surface area (Å²) in [5.74, 6) is 0.524. The van der Waals surface area contributed by atoms with E-state index in [2.05, 4.69) is 5.32 Å². The van der Waals surface area contributed by atoms with Crippen LogP contribution in [0.25, 0.3) is 0 Å². The van der Waals surface area contributed by atoms with E-state index in [-0.39, 0.29) is 23.8 Å². The summed E-state index contributed by atoms with van der Waals surface area (Å²) in [6.07, 6.45) is 0.788. The van der Waals surface area contributed by atoms with Crippen LogP contribution in [0.2, 0.25) is 0 Å². The molecule has 0 aliphatic heterocycles. The first-order valence-electron chi connectivity index (χ1n) is 10.4. The fraction of sp³-hybridized carbons (Fsp3) is 0.440. The Balaban J connectivity index is 2.33. The summed E-state index contributed by atoms with van der Waals surface area (Å²) in [5, 5.41) is 3.03. The Morgan fingerprint density at radius 3 is 2.33 bits per heavy atom. The highest BCUT2D eigenvalue weighted by Gasteiger charge is 2.30. The Bertz CT molecular complexity index is 871. The van der Waals surface area contributed by atoms with Crippen molar-refractivity contribution in [1.82, 2.24) is 10.2 Å². The van der Waals surface area contributed by atoms with Gasteiger partial charge in [0.25, 0.3) is 0 Å². The summed E-state index contributed by atoms with van der Waals surface area (Å²) in [6.45, 7) is 10.1. The van der Waals surface area contributed by atoms with E-state index < -0.39 is 6.04 Å². The van der Waals surface area contributed by atoms with Crippen LogP contribution in [-0.4, -0.2) is 35.4 Å². The Labute approximate surface area is 180 Å². The molecule has 162 valence electrons. The van der Waals surface area contributed by atoms with Crippen molar-refractivity contribution in [3.63, 3.8) is 0 Å². The molecule has 5 heteroatoms. The molecule has 2 aromatic rings. The molecule has 2 aromatic carbocycles. The van der Waals surface area contributed by atoms with Crippen LogP contribution in [0.5, 0.6) is 5.75 Å². The number of nitrogens with zero attached hydrogens (tertiary/aromatic N) is 1. The van der Waals surface area contributed by atoms with Crippen molar-refractivity contribution in [3.05, 3.63) is 65.2 Å². The molecular weight excluding hydrogens is 376 g/mol. The van der Waals surface area contributed by atoms with E-state index in [4.69, 9.17) is 4.74 Å². The van der Waals surface area contributed by atoms with Crippen LogP contribution in [0.15, 0.2) is 48.5 Å². The van der Waals surface area contributed by atoms with Gasteiger partial charge in [-0.2, -0.15) is 0 Å². The van der Waals surface area contributed by atoms with Gasteiger partial charge in [-0.15, -0.1) is 0 Å². The van der Waals surface area contributed by atoms with Gasteiger partial charge < -0.3 is 15.0 Å². The number of rotatable bonds is 8. The Morgan fingerprint density at radius 1 is 1.07 bits per heavy atom. The van der Waals surface area contributed by atoms with Crippen molar-refractivity contribution in [2.45, 2.75) is 65.6 Å². The van der Waals surface area contributed by atoms with Gasteiger partial charge in [0.05, 0.1) is 13.5 Å². The summed E-state index contributed by atoms with van der Waals surface area (Å²) in [7, 11) is 1.62. The molecular formula is C25H34N2O3. The van der Waals surface area contributed by atoms with Gasteiger partial charge in [0.1, 0.15) is 11.8 Å². The summed E-state index contributed by atoms with van der Waals surface area (Å²) in [5.41, 5.74) is 2.61. The Kier molecular flexibility index (Phi) is 8.04. The molecule has 0 spiro atoms. The molecule has 0 saturated heterocycles. The lowest BCUT2D eigenvalue weighted by atomic mass is 10.0. The van der Waals surface area contributed by atoms with E-state index in [1.165, 1.54) is 0 Å². The number of amides is 2. The molecule has 0 aliphatic rings. The predicted molar refractivity (Wildman–Crippen MR) is 120 cm³/mol. The number of carbonyl (C=O) groups is 2. The quantitative estimate of drug-likeness (QED) is 0.707. The topological polar surface area (TPSA) is 58.6 Å². The monoisotopic (exact) mass is 410 g/mol. The van der Waals surface area contributed by atoms with Crippen molar-refractivity contribution in [2.75, 3.05) is 7.11 Å². The van der Waals surface area contributed by atoms with Gasteiger partial charge in [-0.1, -0.05) is 48.9 Å². The molecule has 1 atom stereocenters. The van der Waals surface area contributed by atoms with Gasteiger partial charge in [-0.25, -0.2) is 0 Å². The molecule has 0 aliphatic carbocycles. The van der Waals surface area contributed by atoms with E-state index in [0.717, 1.165) is 22.4 Å². The van der Waals surface area contributed by atoms with Crippen LogP contribution in [0.3, 0.4) is 0 Å². The van der Waals surface area contributed by atoms with E-state index in [1.807, 2.05) is 83.1 Å². The molecule has 0 fully saturated rings. The van der Waals surface area contributed by atoms with Crippen LogP contribution in [0.1, 0.15) is 50.8 Å². The molecule has 2 amide bonds. The second kappa shape index (κ2) is 10.3. The van der Waals surface area contributed by atoms with Crippen molar-refractivity contribution >= 4 is 11.8 Å². The second-order valence-corrected chi connectivity index (χ2v) is 8.70. The van der Waals surface area contributed by atoms with Crippen LogP contribution in [0, 0.1) is 6.92 Å². The lowest BCUT2D eigenvalue weighted by molar-refractivity contribution is -0.141. The van der Waals surface area contributed by atoms with Gasteiger partial charge in [0.2, 0.25) is 11.8 Å². The molecule has 0 heterocycles. The maximum atomic E-state index is 13.4. The van der Waals surface area contributed by atoms with Crippen LogP contribution < -0.4 is 10.1 Å². The minimum absolute atomic E-state index is 0.0701.